The zero-order valence-corrected chi connectivity index (χ0v) is 11.7. The third-order valence-corrected chi connectivity index (χ3v) is 4.08. The van der Waals surface area contributed by atoms with Gasteiger partial charge in [-0.25, -0.2) is 4.99 Å². The average Bonchev–Trinajstić information content (AvgIpc) is 2.97. The molecule has 1 aliphatic heterocycles. The van der Waals surface area contributed by atoms with E-state index in [1.54, 1.807) is 6.20 Å². The summed E-state index contributed by atoms with van der Waals surface area (Å²) in [5.74, 6) is 0.664. The standard InChI is InChI=1S/C15H11BrN2O/c16-10-5-6-12(17-8-10)15-18-14-11-4-2-1-3-9(11)7-13(14)19-15/h1-6,8,13-14H,7H2. The zero-order chi connectivity index (χ0) is 12.8. The van der Waals surface area contributed by atoms with Gasteiger partial charge in [-0.2, -0.15) is 0 Å². The third kappa shape index (κ3) is 1.78. The Balaban J connectivity index is 1.71. The largest absolute Gasteiger partial charge is 0.470 e. The number of fused-ring (bicyclic) bond motifs is 3. The molecule has 19 heavy (non-hydrogen) atoms. The lowest BCUT2D eigenvalue weighted by molar-refractivity contribution is 0.206. The maximum Gasteiger partial charge on any atom is 0.236 e. The van der Waals surface area contributed by atoms with Crippen LogP contribution in [-0.2, 0) is 11.2 Å². The van der Waals surface area contributed by atoms with Crippen LogP contribution in [-0.4, -0.2) is 17.0 Å². The Labute approximate surface area is 119 Å². The first-order valence-corrected chi connectivity index (χ1v) is 7.05. The number of ether oxygens (including phenoxy) is 1. The predicted octanol–water partition coefficient (Wildman–Crippen LogP) is 3.29. The van der Waals surface area contributed by atoms with Crippen LogP contribution in [0.1, 0.15) is 22.9 Å². The van der Waals surface area contributed by atoms with Gasteiger partial charge in [0.25, 0.3) is 0 Å². The number of nitrogens with zero attached hydrogens (tertiary/aromatic N) is 2. The van der Waals surface area contributed by atoms with Gasteiger partial charge in [0, 0.05) is 17.1 Å². The highest BCUT2D eigenvalue weighted by Crippen LogP contribution is 2.40. The normalized spacial score (nSPS) is 23.5. The Kier molecular flexibility index (Phi) is 2.45. The first kappa shape index (κ1) is 11.2. The van der Waals surface area contributed by atoms with E-state index in [-0.39, 0.29) is 12.1 Å². The molecule has 2 unspecified atom stereocenters. The summed E-state index contributed by atoms with van der Waals surface area (Å²) in [4.78, 5) is 9.05. The smallest absolute Gasteiger partial charge is 0.236 e. The lowest BCUT2D eigenvalue weighted by Gasteiger charge is -2.08. The number of aromatic nitrogens is 1. The minimum Gasteiger partial charge on any atom is -0.470 e. The maximum atomic E-state index is 5.97. The monoisotopic (exact) mass is 314 g/mol. The molecule has 2 atom stereocenters. The highest BCUT2D eigenvalue weighted by Gasteiger charge is 2.39. The van der Waals surface area contributed by atoms with Crippen LogP contribution >= 0.6 is 15.9 Å². The third-order valence-electron chi connectivity index (χ3n) is 3.61. The molecule has 0 fully saturated rings. The first-order valence-electron chi connectivity index (χ1n) is 6.25. The van der Waals surface area contributed by atoms with Crippen molar-refractivity contribution in [3.63, 3.8) is 0 Å². The van der Waals surface area contributed by atoms with Gasteiger partial charge >= 0.3 is 0 Å². The maximum absolute atomic E-state index is 5.97. The molecule has 2 aromatic rings. The number of rotatable bonds is 1. The van der Waals surface area contributed by atoms with E-state index in [9.17, 15) is 0 Å². The van der Waals surface area contributed by atoms with Crippen molar-refractivity contribution in [2.24, 2.45) is 4.99 Å². The van der Waals surface area contributed by atoms with Gasteiger partial charge < -0.3 is 4.74 Å². The molecule has 1 aliphatic carbocycles. The molecule has 94 valence electrons. The number of hydrogen-bond acceptors (Lipinski definition) is 3. The molecule has 0 saturated heterocycles. The van der Waals surface area contributed by atoms with Crippen molar-refractivity contribution in [2.75, 3.05) is 0 Å². The number of aliphatic imine (C=N–C) groups is 1. The van der Waals surface area contributed by atoms with E-state index in [1.165, 1.54) is 11.1 Å². The van der Waals surface area contributed by atoms with Gasteiger partial charge in [0.1, 0.15) is 17.8 Å². The summed E-state index contributed by atoms with van der Waals surface area (Å²) in [6.45, 7) is 0. The summed E-state index contributed by atoms with van der Waals surface area (Å²) in [5.41, 5.74) is 3.44. The zero-order valence-electron chi connectivity index (χ0n) is 10.1. The SMILES string of the molecule is Brc1ccc(C2=NC3c4ccccc4CC3O2)nc1. The van der Waals surface area contributed by atoms with Crippen LogP contribution in [0.15, 0.2) is 52.1 Å². The molecule has 2 heterocycles. The second kappa shape index (κ2) is 4.17. The van der Waals surface area contributed by atoms with Crippen LogP contribution < -0.4 is 0 Å². The van der Waals surface area contributed by atoms with Crippen LogP contribution in [0.25, 0.3) is 0 Å². The highest BCUT2D eigenvalue weighted by atomic mass is 79.9. The van der Waals surface area contributed by atoms with Gasteiger partial charge in [-0.3, -0.25) is 4.98 Å². The van der Waals surface area contributed by atoms with Gasteiger partial charge in [0.2, 0.25) is 5.90 Å². The number of halogens is 1. The second-order valence-corrected chi connectivity index (χ2v) is 5.72. The molecular weight excluding hydrogens is 304 g/mol. The summed E-state index contributed by atoms with van der Waals surface area (Å²) in [7, 11) is 0. The predicted molar refractivity (Wildman–Crippen MR) is 76.2 cm³/mol. The van der Waals surface area contributed by atoms with E-state index < -0.39 is 0 Å². The van der Waals surface area contributed by atoms with Gasteiger partial charge in [-0.05, 0) is 39.2 Å². The van der Waals surface area contributed by atoms with Crippen LogP contribution in [0.2, 0.25) is 0 Å². The van der Waals surface area contributed by atoms with E-state index in [1.807, 2.05) is 12.1 Å². The van der Waals surface area contributed by atoms with E-state index in [4.69, 9.17) is 9.73 Å². The van der Waals surface area contributed by atoms with Crippen molar-refractivity contribution in [2.45, 2.75) is 18.6 Å². The Morgan fingerprint density at radius 2 is 2.05 bits per heavy atom. The van der Waals surface area contributed by atoms with Gasteiger partial charge in [0.05, 0.1) is 0 Å². The van der Waals surface area contributed by atoms with Crippen LogP contribution in [0.4, 0.5) is 0 Å². The van der Waals surface area contributed by atoms with E-state index >= 15 is 0 Å². The van der Waals surface area contributed by atoms with E-state index in [2.05, 4.69) is 45.2 Å². The van der Waals surface area contributed by atoms with Crippen LogP contribution in [0.3, 0.4) is 0 Å². The molecule has 2 aliphatic rings. The van der Waals surface area contributed by atoms with Crippen molar-refractivity contribution in [3.8, 4) is 0 Å². The molecule has 1 aromatic heterocycles. The van der Waals surface area contributed by atoms with Crippen LogP contribution in [0, 0.1) is 0 Å². The summed E-state index contributed by atoms with van der Waals surface area (Å²) < 4.78 is 6.92. The minimum absolute atomic E-state index is 0.136. The minimum atomic E-state index is 0.136. The summed E-state index contributed by atoms with van der Waals surface area (Å²) in [6.07, 6.45) is 2.84. The lowest BCUT2D eigenvalue weighted by atomic mass is 10.1. The fourth-order valence-electron chi connectivity index (χ4n) is 2.73. The van der Waals surface area contributed by atoms with Crippen molar-refractivity contribution in [3.05, 3.63) is 63.9 Å². The van der Waals surface area contributed by atoms with Crippen molar-refractivity contribution < 1.29 is 4.74 Å². The molecule has 0 spiro atoms. The summed E-state index contributed by atoms with van der Waals surface area (Å²) >= 11 is 3.38. The molecule has 0 N–H and O–H groups in total. The lowest BCUT2D eigenvalue weighted by Crippen LogP contribution is -2.14. The Bertz CT molecular complexity index is 666. The van der Waals surface area contributed by atoms with Gasteiger partial charge in [-0.1, -0.05) is 24.3 Å². The molecule has 1 aromatic carbocycles. The van der Waals surface area contributed by atoms with Crippen LogP contribution in [0.5, 0.6) is 0 Å². The van der Waals surface area contributed by atoms with Crippen molar-refractivity contribution >= 4 is 21.8 Å². The Morgan fingerprint density at radius 3 is 2.89 bits per heavy atom. The molecule has 0 saturated carbocycles. The number of benzene rings is 1. The van der Waals surface area contributed by atoms with Gasteiger partial charge in [-0.15, -0.1) is 0 Å². The fraction of sp³-hybridized carbons (Fsp3) is 0.200. The van der Waals surface area contributed by atoms with Gasteiger partial charge in [0.15, 0.2) is 0 Å². The van der Waals surface area contributed by atoms with E-state index in [0.29, 0.717) is 5.90 Å². The topological polar surface area (TPSA) is 34.5 Å². The fourth-order valence-corrected chi connectivity index (χ4v) is 2.96. The molecule has 3 nitrogen and oxygen atoms in total. The van der Waals surface area contributed by atoms with Crippen molar-refractivity contribution in [1.82, 2.24) is 4.98 Å². The quantitative estimate of drug-likeness (QED) is 0.809. The second-order valence-electron chi connectivity index (χ2n) is 4.80. The number of pyridine rings is 1. The molecule has 0 radical (unpaired) electrons. The first-order chi connectivity index (χ1) is 9.31. The molecule has 4 rings (SSSR count). The summed E-state index contributed by atoms with van der Waals surface area (Å²) in [5, 5.41) is 0. The number of hydrogen-bond donors (Lipinski definition) is 0. The molecule has 0 bridgehead atoms. The molecular formula is C15H11BrN2O. The molecule has 4 heteroatoms. The van der Waals surface area contributed by atoms with E-state index in [0.717, 1.165) is 16.6 Å². The highest BCUT2D eigenvalue weighted by molar-refractivity contribution is 9.10. The Hall–Kier alpha value is -1.68. The average molecular weight is 315 g/mol. The van der Waals surface area contributed by atoms with Crippen molar-refractivity contribution in [1.29, 1.82) is 0 Å². The summed E-state index contributed by atoms with van der Waals surface area (Å²) in [6, 6.07) is 12.4. The Morgan fingerprint density at radius 1 is 1.16 bits per heavy atom. The molecule has 0 amide bonds.